The van der Waals surface area contributed by atoms with Crippen molar-refractivity contribution in [2.24, 2.45) is 23.8 Å². The summed E-state index contributed by atoms with van der Waals surface area (Å²) in [5.74, 6) is 9.77. The van der Waals surface area contributed by atoms with Crippen molar-refractivity contribution in [1.29, 1.82) is 0 Å². The minimum absolute atomic E-state index is 0.0316. The van der Waals surface area contributed by atoms with Crippen molar-refractivity contribution in [3.8, 4) is 5.75 Å². The molecular formula is C19H19ClN6O3. The fraction of sp³-hybridized carbons (Fsp3) is 0.105. The number of hydrogen-bond donors (Lipinski definition) is 4. The number of nitrogens with one attached hydrogen (secondary N) is 1. The SMILES string of the molecule is Cn1c(=O)c(O)c(C(=O)NCc2cc(Cl)ccc2N(N)/C=N\N)c2ccccc21. The van der Waals surface area contributed by atoms with Crippen LogP contribution < -0.4 is 27.6 Å². The third-order valence-electron chi connectivity index (χ3n) is 4.46. The van der Waals surface area contributed by atoms with Crippen molar-refractivity contribution >= 4 is 40.4 Å². The quantitative estimate of drug-likeness (QED) is 0.215. The third kappa shape index (κ3) is 3.86. The molecule has 0 fully saturated rings. The molecule has 9 nitrogen and oxygen atoms in total. The maximum Gasteiger partial charge on any atom is 0.293 e. The van der Waals surface area contributed by atoms with Gasteiger partial charge in [-0.2, -0.15) is 5.10 Å². The number of hydrazine groups is 1. The highest BCUT2D eigenvalue weighted by Crippen LogP contribution is 2.25. The zero-order valence-corrected chi connectivity index (χ0v) is 16.2. The molecule has 3 rings (SSSR count). The highest BCUT2D eigenvalue weighted by Gasteiger charge is 2.20. The normalized spacial score (nSPS) is 11.1. The van der Waals surface area contributed by atoms with E-state index in [2.05, 4.69) is 10.4 Å². The number of nitrogens with zero attached hydrogens (tertiary/aromatic N) is 3. The van der Waals surface area contributed by atoms with E-state index in [-0.39, 0.29) is 12.1 Å². The number of anilines is 1. The van der Waals surface area contributed by atoms with Gasteiger partial charge in [0, 0.05) is 24.0 Å². The summed E-state index contributed by atoms with van der Waals surface area (Å²) in [6.45, 7) is 0.0316. The van der Waals surface area contributed by atoms with Crippen molar-refractivity contribution in [2.75, 3.05) is 5.01 Å². The van der Waals surface area contributed by atoms with Crippen LogP contribution in [0, 0.1) is 0 Å². The Labute approximate surface area is 170 Å². The van der Waals surface area contributed by atoms with Crippen LogP contribution in [-0.4, -0.2) is 21.9 Å². The van der Waals surface area contributed by atoms with Crippen LogP contribution >= 0.6 is 11.6 Å². The molecule has 3 aromatic rings. The topological polar surface area (TPSA) is 139 Å². The van der Waals surface area contributed by atoms with Gasteiger partial charge in [0.1, 0.15) is 6.34 Å². The number of nitrogens with two attached hydrogens (primary N) is 2. The van der Waals surface area contributed by atoms with Gasteiger partial charge in [0.15, 0.2) is 5.75 Å². The van der Waals surface area contributed by atoms with Gasteiger partial charge in [-0.1, -0.05) is 29.8 Å². The maximum atomic E-state index is 12.9. The molecule has 10 heteroatoms. The number of amides is 1. The predicted octanol–water partition coefficient (Wildman–Crippen LogP) is 1.41. The first-order chi connectivity index (χ1) is 13.8. The van der Waals surface area contributed by atoms with E-state index >= 15 is 0 Å². The molecule has 6 N–H and O–H groups in total. The Morgan fingerprint density at radius 1 is 1.34 bits per heavy atom. The number of halogens is 1. The molecule has 1 amide bonds. The third-order valence-corrected chi connectivity index (χ3v) is 4.69. The van der Waals surface area contributed by atoms with Crippen molar-refractivity contribution in [1.82, 2.24) is 9.88 Å². The Hall–Kier alpha value is -3.56. The molecule has 0 aliphatic heterocycles. The Morgan fingerprint density at radius 3 is 2.79 bits per heavy atom. The number of hydrogen-bond acceptors (Lipinski definition) is 6. The summed E-state index contributed by atoms with van der Waals surface area (Å²) in [5.41, 5.74) is 0.865. The molecule has 1 heterocycles. The van der Waals surface area contributed by atoms with Gasteiger partial charge in [-0.05, 0) is 29.8 Å². The van der Waals surface area contributed by atoms with Crippen LogP contribution in [0.15, 0.2) is 52.4 Å². The summed E-state index contributed by atoms with van der Waals surface area (Å²) < 4.78 is 1.29. The molecule has 0 unspecified atom stereocenters. The van der Waals surface area contributed by atoms with E-state index in [1.807, 2.05) is 0 Å². The Bertz CT molecular complexity index is 1170. The summed E-state index contributed by atoms with van der Waals surface area (Å²) >= 11 is 6.06. The number of aromatic nitrogens is 1. The van der Waals surface area contributed by atoms with Gasteiger partial charge in [0.2, 0.25) is 0 Å². The van der Waals surface area contributed by atoms with E-state index in [4.69, 9.17) is 23.3 Å². The van der Waals surface area contributed by atoms with E-state index in [1.165, 1.54) is 23.0 Å². The van der Waals surface area contributed by atoms with Crippen LogP contribution in [0.2, 0.25) is 5.02 Å². The van der Waals surface area contributed by atoms with Gasteiger partial charge < -0.3 is 20.8 Å². The van der Waals surface area contributed by atoms with Gasteiger partial charge in [-0.25, -0.2) is 5.84 Å². The lowest BCUT2D eigenvalue weighted by molar-refractivity contribution is 0.0949. The number of carbonyl (C=O) groups is 1. The van der Waals surface area contributed by atoms with Crippen LogP contribution in [-0.2, 0) is 13.6 Å². The molecule has 0 aliphatic carbocycles. The summed E-state index contributed by atoms with van der Waals surface area (Å²) in [4.78, 5) is 25.2. The molecule has 2 aromatic carbocycles. The Kier molecular flexibility index (Phi) is 5.71. The second-order valence-corrected chi connectivity index (χ2v) is 6.67. The number of fused-ring (bicyclic) bond motifs is 1. The van der Waals surface area contributed by atoms with Gasteiger partial charge in [0.05, 0.1) is 16.8 Å². The van der Waals surface area contributed by atoms with Crippen LogP contribution in [0.25, 0.3) is 10.9 Å². The molecule has 0 saturated heterocycles. The second-order valence-electron chi connectivity index (χ2n) is 6.23. The first kappa shape index (κ1) is 20.2. The van der Waals surface area contributed by atoms with Crippen LogP contribution in [0.4, 0.5) is 5.69 Å². The first-order valence-corrected chi connectivity index (χ1v) is 8.87. The molecule has 150 valence electrons. The molecule has 0 spiro atoms. The number of para-hydroxylation sites is 1. The predicted molar refractivity (Wildman–Crippen MR) is 113 cm³/mol. The van der Waals surface area contributed by atoms with Gasteiger partial charge in [-0.15, -0.1) is 0 Å². The number of carbonyl (C=O) groups excluding carboxylic acids is 1. The zero-order valence-electron chi connectivity index (χ0n) is 15.5. The van der Waals surface area contributed by atoms with Crippen LogP contribution in [0.5, 0.6) is 5.75 Å². The van der Waals surface area contributed by atoms with E-state index in [0.29, 0.717) is 27.2 Å². The molecular weight excluding hydrogens is 396 g/mol. The molecule has 0 radical (unpaired) electrons. The van der Waals surface area contributed by atoms with Crippen molar-refractivity contribution in [2.45, 2.75) is 6.54 Å². The number of pyridine rings is 1. The van der Waals surface area contributed by atoms with Gasteiger partial charge in [0.25, 0.3) is 11.5 Å². The number of hydrazone groups is 1. The lowest BCUT2D eigenvalue weighted by Gasteiger charge is -2.18. The number of benzene rings is 2. The largest absolute Gasteiger partial charge is 0.502 e. The maximum absolute atomic E-state index is 12.9. The second kappa shape index (κ2) is 8.21. The number of aryl methyl sites for hydroxylation is 1. The fourth-order valence-corrected chi connectivity index (χ4v) is 3.25. The molecule has 1 aromatic heterocycles. The van der Waals surface area contributed by atoms with Gasteiger partial charge >= 0.3 is 0 Å². The minimum Gasteiger partial charge on any atom is -0.502 e. The van der Waals surface area contributed by atoms with Gasteiger partial charge in [-0.3, -0.25) is 14.6 Å². The first-order valence-electron chi connectivity index (χ1n) is 8.49. The molecule has 0 atom stereocenters. The fourth-order valence-electron chi connectivity index (χ4n) is 3.06. The smallest absolute Gasteiger partial charge is 0.293 e. The standard InChI is InChI=1S/C19H19ClN6O3/c1-25-15-5-3-2-4-13(15)16(17(27)19(25)29)18(28)23-9-11-8-12(20)6-7-14(11)26(22)10-24-21/h2-8,10,27H,9,21-22H2,1H3,(H,23,28)/b24-10-. The summed E-state index contributed by atoms with van der Waals surface area (Å²) in [5, 5.41) is 18.5. The van der Waals surface area contributed by atoms with Crippen molar-refractivity contribution in [3.05, 3.63) is 69.0 Å². The molecule has 0 aliphatic rings. The Balaban J connectivity index is 1.98. The van der Waals surface area contributed by atoms with Crippen LogP contribution in [0.1, 0.15) is 15.9 Å². The van der Waals surface area contributed by atoms with E-state index in [9.17, 15) is 14.7 Å². The summed E-state index contributed by atoms with van der Waals surface area (Å²) in [6, 6.07) is 11.7. The van der Waals surface area contributed by atoms with E-state index in [0.717, 1.165) is 0 Å². The van der Waals surface area contributed by atoms with E-state index in [1.54, 1.807) is 42.5 Å². The highest BCUT2D eigenvalue weighted by atomic mass is 35.5. The number of aromatic hydroxyl groups is 1. The number of rotatable bonds is 5. The average Bonchev–Trinajstić information content (AvgIpc) is 2.71. The summed E-state index contributed by atoms with van der Waals surface area (Å²) in [6.07, 6.45) is 1.20. The molecule has 0 bridgehead atoms. The Morgan fingerprint density at radius 2 is 2.07 bits per heavy atom. The average molecular weight is 415 g/mol. The lowest BCUT2D eigenvalue weighted by atomic mass is 10.1. The summed E-state index contributed by atoms with van der Waals surface area (Å²) in [7, 11) is 1.53. The molecule has 0 saturated carbocycles. The highest BCUT2D eigenvalue weighted by molar-refractivity contribution is 6.30. The molecule has 29 heavy (non-hydrogen) atoms. The monoisotopic (exact) mass is 414 g/mol. The van der Waals surface area contributed by atoms with Crippen molar-refractivity contribution in [3.63, 3.8) is 0 Å². The zero-order chi connectivity index (χ0) is 21.1. The van der Waals surface area contributed by atoms with Crippen LogP contribution in [0.3, 0.4) is 0 Å². The van der Waals surface area contributed by atoms with Crippen molar-refractivity contribution < 1.29 is 9.90 Å². The minimum atomic E-state index is -0.662. The lowest BCUT2D eigenvalue weighted by Crippen LogP contribution is -2.32. The van der Waals surface area contributed by atoms with E-state index < -0.39 is 17.2 Å².